The number of thiazole rings is 1. The van der Waals surface area contributed by atoms with Gasteiger partial charge in [0.1, 0.15) is 6.61 Å². The van der Waals surface area contributed by atoms with Crippen molar-refractivity contribution in [1.82, 2.24) is 10.3 Å². The zero-order valence-electron chi connectivity index (χ0n) is 12.2. The smallest absolute Gasteiger partial charge is 0.165 e. The summed E-state index contributed by atoms with van der Waals surface area (Å²) in [5.74, 6) is -0.0685. The second kappa shape index (κ2) is 8.07. The molecule has 0 bridgehead atoms. The molecule has 2 aromatic rings. The number of hydrogen-bond acceptors (Lipinski definition) is 5. The lowest BCUT2D eigenvalue weighted by molar-refractivity contribution is 0.199. The highest BCUT2D eigenvalue weighted by Gasteiger charge is 2.10. The molecule has 4 nitrogen and oxygen atoms in total. The van der Waals surface area contributed by atoms with Gasteiger partial charge < -0.3 is 14.8 Å². The van der Waals surface area contributed by atoms with Gasteiger partial charge in [-0.05, 0) is 13.0 Å². The van der Waals surface area contributed by atoms with Gasteiger partial charge in [0, 0.05) is 31.1 Å². The number of aryl methyl sites for hydroxylation is 1. The molecule has 0 saturated heterocycles. The number of halogens is 1. The predicted molar refractivity (Wildman–Crippen MR) is 81.2 cm³/mol. The van der Waals surface area contributed by atoms with Crippen molar-refractivity contribution in [2.24, 2.45) is 0 Å². The number of benzene rings is 1. The molecule has 0 saturated carbocycles. The summed E-state index contributed by atoms with van der Waals surface area (Å²) in [6.45, 7) is 4.06. The van der Waals surface area contributed by atoms with E-state index in [1.807, 2.05) is 18.4 Å². The summed E-state index contributed by atoms with van der Waals surface area (Å²) >= 11 is 1.56. The average Bonchev–Trinajstić information content (AvgIpc) is 2.88. The van der Waals surface area contributed by atoms with Gasteiger partial charge in [0.25, 0.3) is 0 Å². The number of ether oxygens (including phenoxy) is 2. The maximum absolute atomic E-state index is 13.9. The van der Waals surface area contributed by atoms with Gasteiger partial charge in [-0.2, -0.15) is 0 Å². The largest absolute Gasteiger partial charge is 0.484 e. The molecule has 1 aromatic heterocycles. The molecule has 1 aromatic carbocycles. The standard InChI is InChI=1S/C15H19FN2O2S/c1-11-18-13(10-21-11)9-20-15-12(4-3-5-14(15)16)8-17-6-7-19-2/h3-5,10,17H,6-9H2,1-2H3. The van der Waals surface area contributed by atoms with E-state index in [4.69, 9.17) is 9.47 Å². The Kier molecular flexibility index (Phi) is 6.10. The van der Waals surface area contributed by atoms with Gasteiger partial charge in [-0.15, -0.1) is 11.3 Å². The van der Waals surface area contributed by atoms with Crippen LogP contribution in [0.3, 0.4) is 0 Å². The zero-order chi connectivity index (χ0) is 15.1. The van der Waals surface area contributed by atoms with E-state index in [2.05, 4.69) is 10.3 Å². The van der Waals surface area contributed by atoms with E-state index in [0.29, 0.717) is 19.7 Å². The minimum absolute atomic E-state index is 0.274. The number of para-hydroxylation sites is 1. The molecule has 0 radical (unpaired) electrons. The van der Waals surface area contributed by atoms with Crippen LogP contribution < -0.4 is 10.1 Å². The topological polar surface area (TPSA) is 43.4 Å². The molecule has 6 heteroatoms. The van der Waals surface area contributed by atoms with E-state index in [-0.39, 0.29) is 18.2 Å². The molecule has 0 aliphatic heterocycles. The summed E-state index contributed by atoms with van der Waals surface area (Å²) in [5, 5.41) is 6.09. The molecule has 1 heterocycles. The fourth-order valence-electron chi connectivity index (χ4n) is 1.87. The quantitative estimate of drug-likeness (QED) is 0.761. The summed E-state index contributed by atoms with van der Waals surface area (Å²) in [4.78, 5) is 4.31. The molecule has 0 amide bonds. The number of aromatic nitrogens is 1. The minimum Gasteiger partial charge on any atom is -0.484 e. The van der Waals surface area contributed by atoms with E-state index in [9.17, 15) is 4.39 Å². The average molecular weight is 310 g/mol. The zero-order valence-corrected chi connectivity index (χ0v) is 13.0. The molecule has 2 rings (SSSR count). The van der Waals surface area contributed by atoms with E-state index in [1.54, 1.807) is 24.5 Å². The lowest BCUT2D eigenvalue weighted by atomic mass is 10.2. The van der Waals surface area contributed by atoms with E-state index >= 15 is 0 Å². The van der Waals surface area contributed by atoms with Crippen LogP contribution in [0.2, 0.25) is 0 Å². The number of methoxy groups -OCH3 is 1. The van der Waals surface area contributed by atoms with Gasteiger partial charge >= 0.3 is 0 Å². The van der Waals surface area contributed by atoms with Crippen molar-refractivity contribution in [2.45, 2.75) is 20.1 Å². The highest BCUT2D eigenvalue weighted by molar-refractivity contribution is 7.09. The van der Waals surface area contributed by atoms with Crippen LogP contribution in [0, 0.1) is 12.7 Å². The summed E-state index contributed by atoms with van der Waals surface area (Å²) < 4.78 is 24.5. The number of nitrogens with zero attached hydrogens (tertiary/aromatic N) is 1. The van der Waals surface area contributed by atoms with E-state index in [1.165, 1.54) is 6.07 Å². The molecule has 0 spiro atoms. The van der Waals surface area contributed by atoms with Crippen LogP contribution in [0.1, 0.15) is 16.3 Å². The Balaban J connectivity index is 1.99. The summed E-state index contributed by atoms with van der Waals surface area (Å²) in [7, 11) is 1.65. The van der Waals surface area contributed by atoms with Gasteiger partial charge in [-0.3, -0.25) is 0 Å². The molecule has 21 heavy (non-hydrogen) atoms. The molecule has 1 N–H and O–H groups in total. The molecule has 114 valence electrons. The van der Waals surface area contributed by atoms with E-state index < -0.39 is 0 Å². The number of rotatable bonds is 8. The Morgan fingerprint density at radius 2 is 2.24 bits per heavy atom. The van der Waals surface area contributed by atoms with Gasteiger partial charge in [-0.1, -0.05) is 12.1 Å². The normalized spacial score (nSPS) is 10.8. The number of hydrogen-bond donors (Lipinski definition) is 1. The highest BCUT2D eigenvalue weighted by Crippen LogP contribution is 2.24. The minimum atomic E-state index is -0.354. The van der Waals surface area contributed by atoms with Crippen molar-refractivity contribution in [3.05, 3.63) is 45.7 Å². The van der Waals surface area contributed by atoms with Gasteiger partial charge in [0.2, 0.25) is 0 Å². The SMILES string of the molecule is COCCNCc1cccc(F)c1OCc1csc(C)n1. The Labute approximate surface area is 127 Å². The predicted octanol–water partition coefficient (Wildman–Crippen LogP) is 2.91. The first-order valence-corrected chi connectivity index (χ1v) is 7.59. The molecule has 0 unspecified atom stereocenters. The maximum atomic E-state index is 13.9. The second-order valence-electron chi connectivity index (χ2n) is 4.54. The lowest BCUT2D eigenvalue weighted by Gasteiger charge is -2.12. The van der Waals surface area contributed by atoms with Crippen LogP contribution in [-0.4, -0.2) is 25.2 Å². The summed E-state index contributed by atoms with van der Waals surface area (Å²) in [6, 6.07) is 4.94. The Hall–Kier alpha value is -1.50. The van der Waals surface area contributed by atoms with Crippen molar-refractivity contribution in [3.63, 3.8) is 0 Å². The lowest BCUT2D eigenvalue weighted by Crippen LogP contribution is -2.19. The first-order valence-electron chi connectivity index (χ1n) is 6.71. The van der Waals surface area contributed by atoms with Gasteiger partial charge in [-0.25, -0.2) is 9.37 Å². The van der Waals surface area contributed by atoms with E-state index in [0.717, 1.165) is 16.3 Å². The van der Waals surface area contributed by atoms with Crippen molar-refractivity contribution >= 4 is 11.3 Å². The fourth-order valence-corrected chi connectivity index (χ4v) is 2.47. The van der Waals surface area contributed by atoms with Crippen LogP contribution in [0.15, 0.2) is 23.6 Å². The van der Waals surface area contributed by atoms with Crippen LogP contribution in [0.4, 0.5) is 4.39 Å². The van der Waals surface area contributed by atoms with Crippen LogP contribution in [-0.2, 0) is 17.9 Å². The molecule has 0 fully saturated rings. The van der Waals surface area contributed by atoms with Crippen LogP contribution in [0.5, 0.6) is 5.75 Å². The van der Waals surface area contributed by atoms with Crippen molar-refractivity contribution in [3.8, 4) is 5.75 Å². The summed E-state index contributed by atoms with van der Waals surface area (Å²) in [6.07, 6.45) is 0. The van der Waals surface area contributed by atoms with Crippen LogP contribution >= 0.6 is 11.3 Å². The Morgan fingerprint density at radius 1 is 1.38 bits per heavy atom. The molecule has 0 atom stereocenters. The molecular weight excluding hydrogens is 291 g/mol. The van der Waals surface area contributed by atoms with Gasteiger partial charge in [0.15, 0.2) is 11.6 Å². The third-order valence-electron chi connectivity index (χ3n) is 2.88. The third-order valence-corrected chi connectivity index (χ3v) is 3.70. The summed E-state index contributed by atoms with van der Waals surface area (Å²) in [5.41, 5.74) is 1.61. The third kappa shape index (κ3) is 4.77. The monoisotopic (exact) mass is 310 g/mol. The Bertz CT molecular complexity index is 575. The fraction of sp³-hybridized carbons (Fsp3) is 0.400. The second-order valence-corrected chi connectivity index (χ2v) is 5.61. The molecule has 0 aliphatic carbocycles. The molecule has 0 aliphatic rings. The van der Waals surface area contributed by atoms with Gasteiger partial charge in [0.05, 0.1) is 17.3 Å². The highest BCUT2D eigenvalue weighted by atomic mass is 32.1. The van der Waals surface area contributed by atoms with Crippen molar-refractivity contribution < 1.29 is 13.9 Å². The van der Waals surface area contributed by atoms with Crippen molar-refractivity contribution in [1.29, 1.82) is 0 Å². The number of nitrogens with one attached hydrogen (secondary N) is 1. The Morgan fingerprint density at radius 3 is 2.95 bits per heavy atom. The first kappa shape index (κ1) is 15.9. The molecular formula is C15H19FN2O2S. The van der Waals surface area contributed by atoms with Crippen molar-refractivity contribution in [2.75, 3.05) is 20.3 Å². The van der Waals surface area contributed by atoms with Crippen LogP contribution in [0.25, 0.3) is 0 Å². The first-order chi connectivity index (χ1) is 10.2. The maximum Gasteiger partial charge on any atom is 0.165 e.